The van der Waals surface area contributed by atoms with Crippen molar-refractivity contribution in [3.63, 3.8) is 0 Å². The summed E-state index contributed by atoms with van der Waals surface area (Å²) in [6, 6.07) is 20.8. The first-order valence-electron chi connectivity index (χ1n) is 7.55. The molecule has 3 aromatic carbocycles. The maximum Gasteiger partial charge on any atom is 0.163 e. The average Bonchev–Trinajstić information content (AvgIpc) is 2.59. The van der Waals surface area contributed by atoms with Crippen molar-refractivity contribution in [2.24, 2.45) is 0 Å². The predicted octanol–water partition coefficient (Wildman–Crippen LogP) is 4.15. The van der Waals surface area contributed by atoms with Crippen LogP contribution in [0.3, 0.4) is 0 Å². The lowest BCUT2D eigenvalue weighted by Crippen LogP contribution is -2.11. The van der Waals surface area contributed by atoms with Crippen molar-refractivity contribution in [3.05, 3.63) is 77.9 Å². The molecule has 23 heavy (non-hydrogen) atoms. The third-order valence-electron chi connectivity index (χ3n) is 3.83. The molecule has 1 N–H and O–H groups in total. The lowest BCUT2D eigenvalue weighted by Gasteiger charge is -2.16. The minimum absolute atomic E-state index is 0.0556. The van der Waals surface area contributed by atoms with Crippen LogP contribution in [0.15, 0.2) is 66.7 Å². The maximum absolute atomic E-state index is 11.9. The first-order valence-corrected chi connectivity index (χ1v) is 7.55. The number of carbonyl (C=O) groups excluding carboxylic acids is 1. The first-order chi connectivity index (χ1) is 11.2. The van der Waals surface area contributed by atoms with Gasteiger partial charge in [0, 0.05) is 5.39 Å². The van der Waals surface area contributed by atoms with Crippen LogP contribution in [0.4, 0.5) is 0 Å². The number of ketones is 1. The number of hydrogen-bond donors (Lipinski definition) is 1. The Hall–Kier alpha value is -2.65. The second kappa shape index (κ2) is 6.63. The second-order valence-corrected chi connectivity index (χ2v) is 5.46. The number of aliphatic hydroxyl groups is 1. The second-order valence-electron chi connectivity index (χ2n) is 5.46. The molecule has 116 valence electrons. The minimum atomic E-state index is -0.741. The van der Waals surface area contributed by atoms with Gasteiger partial charge in [-0.2, -0.15) is 0 Å². The zero-order valence-electron chi connectivity index (χ0n) is 12.9. The van der Waals surface area contributed by atoms with Crippen molar-refractivity contribution < 1.29 is 14.6 Å². The van der Waals surface area contributed by atoms with Gasteiger partial charge in [0.1, 0.15) is 18.5 Å². The molecule has 0 aromatic heterocycles. The molecule has 0 aliphatic carbocycles. The smallest absolute Gasteiger partial charge is 0.163 e. The molecule has 3 heteroatoms. The van der Waals surface area contributed by atoms with E-state index in [-0.39, 0.29) is 12.4 Å². The van der Waals surface area contributed by atoms with Gasteiger partial charge in [0.25, 0.3) is 0 Å². The maximum atomic E-state index is 11.9. The molecule has 0 spiro atoms. The van der Waals surface area contributed by atoms with Crippen LogP contribution in [0.5, 0.6) is 5.75 Å². The van der Waals surface area contributed by atoms with Gasteiger partial charge in [0.05, 0.1) is 5.56 Å². The van der Waals surface area contributed by atoms with E-state index in [4.69, 9.17) is 4.74 Å². The van der Waals surface area contributed by atoms with Gasteiger partial charge in [0.15, 0.2) is 5.78 Å². The zero-order valence-corrected chi connectivity index (χ0v) is 12.9. The van der Waals surface area contributed by atoms with Crippen LogP contribution in [0.2, 0.25) is 0 Å². The Balaban J connectivity index is 1.92. The molecule has 0 radical (unpaired) electrons. The molecule has 0 saturated carbocycles. The van der Waals surface area contributed by atoms with E-state index in [2.05, 4.69) is 0 Å². The Kier molecular flexibility index (Phi) is 4.40. The van der Waals surface area contributed by atoms with Crippen LogP contribution < -0.4 is 4.74 Å². The predicted molar refractivity (Wildman–Crippen MR) is 90.8 cm³/mol. The molecule has 0 heterocycles. The van der Waals surface area contributed by atoms with E-state index in [1.54, 1.807) is 6.07 Å². The normalized spacial score (nSPS) is 12.1. The van der Waals surface area contributed by atoms with Gasteiger partial charge in [-0.1, -0.05) is 60.7 Å². The van der Waals surface area contributed by atoms with Gasteiger partial charge in [-0.05, 0) is 23.9 Å². The highest BCUT2D eigenvalue weighted by Crippen LogP contribution is 2.31. The van der Waals surface area contributed by atoms with E-state index in [1.807, 2.05) is 60.7 Å². The quantitative estimate of drug-likeness (QED) is 0.720. The van der Waals surface area contributed by atoms with Gasteiger partial charge in [-0.3, -0.25) is 4.79 Å². The highest BCUT2D eigenvalue weighted by atomic mass is 16.5. The Morgan fingerprint density at radius 2 is 1.70 bits per heavy atom. The number of benzene rings is 3. The van der Waals surface area contributed by atoms with E-state index >= 15 is 0 Å². The van der Waals surface area contributed by atoms with Gasteiger partial charge in [0.2, 0.25) is 0 Å². The van der Waals surface area contributed by atoms with Gasteiger partial charge in [-0.15, -0.1) is 0 Å². The number of carbonyl (C=O) groups is 1. The van der Waals surface area contributed by atoms with Gasteiger partial charge in [-0.25, -0.2) is 0 Å². The molecular weight excluding hydrogens is 288 g/mol. The summed E-state index contributed by atoms with van der Waals surface area (Å²) in [5.41, 5.74) is 1.32. The van der Waals surface area contributed by atoms with Crippen LogP contribution in [0.1, 0.15) is 28.9 Å². The Bertz CT molecular complexity index is 825. The van der Waals surface area contributed by atoms with Crippen molar-refractivity contribution >= 4 is 16.6 Å². The molecular formula is C20H18O3. The molecule has 0 bridgehead atoms. The minimum Gasteiger partial charge on any atom is -0.489 e. The SMILES string of the molecule is CC(=O)c1ccc2ccccc2c1OCC(O)c1ccccc1. The Labute approximate surface area is 135 Å². The third-order valence-corrected chi connectivity index (χ3v) is 3.83. The number of ether oxygens (including phenoxy) is 1. The van der Waals surface area contributed by atoms with E-state index in [1.165, 1.54) is 6.92 Å². The average molecular weight is 306 g/mol. The largest absolute Gasteiger partial charge is 0.489 e. The molecule has 3 aromatic rings. The number of aliphatic hydroxyl groups excluding tert-OH is 1. The van der Waals surface area contributed by atoms with Crippen LogP contribution in [-0.4, -0.2) is 17.5 Å². The van der Waals surface area contributed by atoms with Crippen molar-refractivity contribution in [1.82, 2.24) is 0 Å². The van der Waals surface area contributed by atoms with Crippen molar-refractivity contribution in [2.75, 3.05) is 6.61 Å². The molecule has 3 rings (SSSR count). The summed E-state index contributed by atoms with van der Waals surface area (Å²) in [6.07, 6.45) is -0.741. The summed E-state index contributed by atoms with van der Waals surface area (Å²) < 4.78 is 5.86. The molecule has 0 aliphatic heterocycles. The van der Waals surface area contributed by atoms with Crippen LogP contribution in [-0.2, 0) is 0 Å². The van der Waals surface area contributed by atoms with Gasteiger partial charge >= 0.3 is 0 Å². The first kappa shape index (κ1) is 15.3. The molecule has 1 unspecified atom stereocenters. The van der Waals surface area contributed by atoms with E-state index in [9.17, 15) is 9.90 Å². The fourth-order valence-electron chi connectivity index (χ4n) is 2.61. The van der Waals surface area contributed by atoms with Crippen LogP contribution in [0, 0.1) is 0 Å². The number of fused-ring (bicyclic) bond motifs is 1. The van der Waals surface area contributed by atoms with Crippen molar-refractivity contribution in [3.8, 4) is 5.75 Å². The topological polar surface area (TPSA) is 46.5 Å². The fraction of sp³-hybridized carbons (Fsp3) is 0.150. The van der Waals surface area contributed by atoms with Crippen LogP contribution in [0.25, 0.3) is 10.8 Å². The molecule has 0 amide bonds. The summed E-state index contributed by atoms with van der Waals surface area (Å²) in [4.78, 5) is 11.9. The van der Waals surface area contributed by atoms with Crippen molar-refractivity contribution in [2.45, 2.75) is 13.0 Å². The lowest BCUT2D eigenvalue weighted by molar-refractivity contribution is 0.0980. The van der Waals surface area contributed by atoms with E-state index < -0.39 is 6.10 Å². The summed E-state index contributed by atoms with van der Waals surface area (Å²) in [5, 5.41) is 12.2. The summed E-state index contributed by atoms with van der Waals surface area (Å²) in [7, 11) is 0. The monoisotopic (exact) mass is 306 g/mol. The zero-order chi connectivity index (χ0) is 16.2. The summed E-state index contributed by atoms with van der Waals surface area (Å²) in [6.45, 7) is 1.61. The number of hydrogen-bond acceptors (Lipinski definition) is 3. The third kappa shape index (κ3) is 3.25. The fourth-order valence-corrected chi connectivity index (χ4v) is 2.61. The van der Waals surface area contributed by atoms with E-state index in [0.29, 0.717) is 11.3 Å². The molecule has 0 aliphatic rings. The standard InChI is InChI=1S/C20H18O3/c1-14(21)17-12-11-15-7-5-6-10-18(15)20(17)23-13-19(22)16-8-3-2-4-9-16/h2-12,19,22H,13H2,1H3. The van der Waals surface area contributed by atoms with E-state index in [0.717, 1.165) is 16.3 Å². The highest BCUT2D eigenvalue weighted by Gasteiger charge is 2.15. The molecule has 1 atom stereocenters. The Morgan fingerprint density at radius 1 is 1.00 bits per heavy atom. The van der Waals surface area contributed by atoms with Gasteiger partial charge < -0.3 is 9.84 Å². The molecule has 0 saturated heterocycles. The number of rotatable bonds is 5. The summed E-state index contributed by atoms with van der Waals surface area (Å²) in [5.74, 6) is 0.477. The Morgan fingerprint density at radius 3 is 2.43 bits per heavy atom. The highest BCUT2D eigenvalue weighted by molar-refractivity contribution is 6.03. The molecule has 0 fully saturated rings. The molecule has 3 nitrogen and oxygen atoms in total. The van der Waals surface area contributed by atoms with Crippen molar-refractivity contribution in [1.29, 1.82) is 0 Å². The summed E-state index contributed by atoms with van der Waals surface area (Å²) >= 11 is 0. The number of Topliss-reactive ketones (excluding diaryl/α,β-unsaturated/α-hetero) is 1. The lowest BCUT2D eigenvalue weighted by atomic mass is 10.0. The van der Waals surface area contributed by atoms with Crippen LogP contribution >= 0.6 is 0 Å².